The summed E-state index contributed by atoms with van der Waals surface area (Å²) in [7, 11) is 0. The Morgan fingerprint density at radius 3 is 2.67 bits per heavy atom. The number of benzene rings is 1. The third-order valence-electron chi connectivity index (χ3n) is 2.61. The molecular formula is C12H11NO2. The lowest BCUT2D eigenvalue weighted by Crippen LogP contribution is -2.10. The fourth-order valence-electron chi connectivity index (χ4n) is 1.72. The number of cyclic esters (lactones) is 1. The highest BCUT2D eigenvalue weighted by Gasteiger charge is 2.26. The topological polar surface area (TPSA) is 50.1 Å². The number of ether oxygens (including phenoxy) is 1. The van der Waals surface area contributed by atoms with E-state index < -0.39 is 0 Å². The molecular weight excluding hydrogens is 190 g/mol. The van der Waals surface area contributed by atoms with E-state index in [0.29, 0.717) is 18.6 Å². The number of hydrogen-bond donors (Lipinski definition) is 0. The van der Waals surface area contributed by atoms with Gasteiger partial charge in [0.25, 0.3) is 0 Å². The van der Waals surface area contributed by atoms with Crippen molar-refractivity contribution < 1.29 is 9.53 Å². The summed E-state index contributed by atoms with van der Waals surface area (Å²) >= 11 is 0. The Balaban J connectivity index is 2.05. The summed E-state index contributed by atoms with van der Waals surface area (Å²) < 4.78 is 4.89. The van der Waals surface area contributed by atoms with E-state index in [0.717, 1.165) is 12.0 Å². The highest BCUT2D eigenvalue weighted by molar-refractivity contribution is 5.74. The van der Waals surface area contributed by atoms with Crippen molar-refractivity contribution in [3.8, 4) is 6.07 Å². The molecule has 0 amide bonds. The highest BCUT2D eigenvalue weighted by atomic mass is 16.5. The van der Waals surface area contributed by atoms with Crippen LogP contribution >= 0.6 is 0 Å². The molecule has 15 heavy (non-hydrogen) atoms. The summed E-state index contributed by atoms with van der Waals surface area (Å²) in [5, 5.41) is 8.63. The molecule has 1 heterocycles. The van der Waals surface area contributed by atoms with Gasteiger partial charge in [0.1, 0.15) is 0 Å². The Bertz CT molecular complexity index is 403. The number of nitriles is 1. The number of carbonyl (C=O) groups excluding carboxylic acids is 1. The molecule has 0 N–H and O–H groups in total. The van der Waals surface area contributed by atoms with Crippen LogP contribution in [0.2, 0.25) is 0 Å². The van der Waals surface area contributed by atoms with Gasteiger partial charge in [0, 0.05) is 0 Å². The number of hydrogen-bond acceptors (Lipinski definition) is 3. The van der Waals surface area contributed by atoms with E-state index in [2.05, 4.69) is 6.07 Å². The van der Waals surface area contributed by atoms with E-state index >= 15 is 0 Å². The monoisotopic (exact) mass is 201 g/mol. The highest BCUT2D eigenvalue weighted by Crippen LogP contribution is 2.19. The normalized spacial score (nSPS) is 19.7. The first-order valence-corrected chi connectivity index (χ1v) is 4.95. The second kappa shape index (κ2) is 4.14. The van der Waals surface area contributed by atoms with Crippen LogP contribution in [-0.2, 0) is 16.0 Å². The average Bonchev–Trinajstić information content (AvgIpc) is 2.66. The first-order chi connectivity index (χ1) is 7.29. The fourth-order valence-corrected chi connectivity index (χ4v) is 1.72. The van der Waals surface area contributed by atoms with Gasteiger partial charge in [0.05, 0.1) is 24.2 Å². The lowest BCUT2D eigenvalue weighted by Gasteiger charge is -2.04. The third kappa shape index (κ3) is 2.16. The zero-order valence-electron chi connectivity index (χ0n) is 8.27. The van der Waals surface area contributed by atoms with Crippen molar-refractivity contribution in [2.45, 2.75) is 12.8 Å². The van der Waals surface area contributed by atoms with Crippen molar-refractivity contribution in [2.75, 3.05) is 6.61 Å². The van der Waals surface area contributed by atoms with Gasteiger partial charge in [0.2, 0.25) is 0 Å². The van der Waals surface area contributed by atoms with Gasteiger partial charge < -0.3 is 4.74 Å². The van der Waals surface area contributed by atoms with Crippen molar-refractivity contribution >= 4 is 5.97 Å². The van der Waals surface area contributed by atoms with Crippen LogP contribution in [0.1, 0.15) is 17.5 Å². The van der Waals surface area contributed by atoms with E-state index in [1.807, 2.05) is 12.1 Å². The summed E-state index contributed by atoms with van der Waals surface area (Å²) in [6.45, 7) is 0.541. The van der Waals surface area contributed by atoms with Crippen LogP contribution in [0.3, 0.4) is 0 Å². The summed E-state index contributed by atoms with van der Waals surface area (Å²) in [5.41, 5.74) is 1.73. The van der Waals surface area contributed by atoms with E-state index in [1.165, 1.54) is 0 Å². The minimum Gasteiger partial charge on any atom is -0.465 e. The van der Waals surface area contributed by atoms with Crippen LogP contribution in [0.25, 0.3) is 0 Å². The Morgan fingerprint density at radius 2 is 2.13 bits per heavy atom. The Morgan fingerprint density at radius 1 is 1.40 bits per heavy atom. The van der Waals surface area contributed by atoms with Crippen LogP contribution in [0.15, 0.2) is 24.3 Å². The molecule has 0 aromatic heterocycles. The van der Waals surface area contributed by atoms with Crippen molar-refractivity contribution in [3.63, 3.8) is 0 Å². The van der Waals surface area contributed by atoms with Gasteiger partial charge in [-0.15, -0.1) is 0 Å². The molecule has 0 radical (unpaired) electrons. The van der Waals surface area contributed by atoms with Gasteiger partial charge in [0.15, 0.2) is 0 Å². The third-order valence-corrected chi connectivity index (χ3v) is 2.61. The maximum Gasteiger partial charge on any atom is 0.309 e. The summed E-state index contributed by atoms with van der Waals surface area (Å²) in [6.07, 6.45) is 1.52. The maximum atomic E-state index is 11.2. The van der Waals surface area contributed by atoms with Crippen LogP contribution in [0.5, 0.6) is 0 Å². The molecule has 1 saturated heterocycles. The average molecular weight is 201 g/mol. The quantitative estimate of drug-likeness (QED) is 0.684. The van der Waals surface area contributed by atoms with Crippen molar-refractivity contribution in [3.05, 3.63) is 35.4 Å². The molecule has 1 atom stereocenters. The minimum absolute atomic E-state index is 0.00191. The van der Waals surface area contributed by atoms with E-state index in [4.69, 9.17) is 10.00 Å². The van der Waals surface area contributed by atoms with Crippen LogP contribution in [0, 0.1) is 17.2 Å². The standard InChI is InChI=1S/C12H11NO2/c13-8-10-3-1-9(2-4-10)7-11-5-6-15-12(11)14/h1-4,11H,5-7H2. The lowest BCUT2D eigenvalue weighted by molar-refractivity contribution is -0.141. The summed E-state index contributed by atoms with van der Waals surface area (Å²) in [5.74, 6) is -0.0997. The molecule has 0 aliphatic carbocycles. The molecule has 0 bridgehead atoms. The second-order valence-electron chi connectivity index (χ2n) is 3.67. The molecule has 1 aromatic carbocycles. The molecule has 0 saturated carbocycles. The molecule has 1 unspecified atom stereocenters. The largest absolute Gasteiger partial charge is 0.465 e. The van der Waals surface area contributed by atoms with Gasteiger partial charge in [-0.3, -0.25) is 4.79 Å². The second-order valence-corrected chi connectivity index (χ2v) is 3.67. The molecule has 0 spiro atoms. The number of rotatable bonds is 2. The Kier molecular flexibility index (Phi) is 2.68. The molecule has 76 valence electrons. The summed E-state index contributed by atoms with van der Waals surface area (Å²) in [6, 6.07) is 9.40. The van der Waals surface area contributed by atoms with Crippen molar-refractivity contribution in [1.29, 1.82) is 5.26 Å². The van der Waals surface area contributed by atoms with E-state index in [9.17, 15) is 4.79 Å². The molecule has 1 fully saturated rings. The number of carbonyl (C=O) groups is 1. The zero-order valence-corrected chi connectivity index (χ0v) is 8.27. The Labute approximate surface area is 88.3 Å². The van der Waals surface area contributed by atoms with Gasteiger partial charge in [-0.1, -0.05) is 12.1 Å². The van der Waals surface area contributed by atoms with Gasteiger partial charge in [-0.05, 0) is 30.5 Å². The minimum atomic E-state index is -0.0978. The molecule has 3 heteroatoms. The SMILES string of the molecule is N#Cc1ccc(CC2CCOC2=O)cc1. The fraction of sp³-hybridized carbons (Fsp3) is 0.333. The smallest absolute Gasteiger partial charge is 0.309 e. The van der Waals surface area contributed by atoms with E-state index in [-0.39, 0.29) is 11.9 Å². The molecule has 1 aliphatic heterocycles. The molecule has 3 nitrogen and oxygen atoms in total. The van der Waals surface area contributed by atoms with Crippen LogP contribution < -0.4 is 0 Å². The maximum absolute atomic E-state index is 11.2. The summed E-state index contributed by atoms with van der Waals surface area (Å²) in [4.78, 5) is 11.2. The Hall–Kier alpha value is -1.82. The van der Waals surface area contributed by atoms with Crippen molar-refractivity contribution in [1.82, 2.24) is 0 Å². The van der Waals surface area contributed by atoms with E-state index in [1.54, 1.807) is 12.1 Å². The van der Waals surface area contributed by atoms with Crippen LogP contribution in [0.4, 0.5) is 0 Å². The van der Waals surface area contributed by atoms with Crippen LogP contribution in [-0.4, -0.2) is 12.6 Å². The number of esters is 1. The first kappa shape index (κ1) is 9.72. The van der Waals surface area contributed by atoms with Crippen molar-refractivity contribution in [2.24, 2.45) is 5.92 Å². The lowest BCUT2D eigenvalue weighted by atomic mass is 9.98. The van der Waals surface area contributed by atoms with Gasteiger partial charge in [-0.2, -0.15) is 5.26 Å². The zero-order chi connectivity index (χ0) is 10.7. The molecule has 2 rings (SSSR count). The first-order valence-electron chi connectivity index (χ1n) is 4.95. The van der Waals surface area contributed by atoms with Gasteiger partial charge in [-0.25, -0.2) is 0 Å². The molecule has 1 aromatic rings. The predicted molar refractivity (Wildman–Crippen MR) is 53.9 cm³/mol. The van der Waals surface area contributed by atoms with Gasteiger partial charge >= 0.3 is 5.97 Å². The molecule has 1 aliphatic rings. The predicted octanol–water partition coefficient (Wildman–Crippen LogP) is 1.66. The number of nitrogens with zero attached hydrogens (tertiary/aromatic N) is 1.